The van der Waals surface area contributed by atoms with E-state index in [1.807, 2.05) is 0 Å². The molecule has 12 nitrogen and oxygen atoms in total. The molecule has 6 rings (SSSR count). The highest BCUT2D eigenvalue weighted by Gasteiger charge is 2.71. The van der Waals surface area contributed by atoms with E-state index in [1.165, 1.54) is 40.2 Å². The van der Waals surface area contributed by atoms with Crippen LogP contribution in [0.5, 0.6) is 0 Å². The lowest BCUT2D eigenvalue weighted by Gasteiger charge is -2.73. The van der Waals surface area contributed by atoms with Crippen LogP contribution in [0.4, 0.5) is 0 Å². The summed E-state index contributed by atoms with van der Waals surface area (Å²) in [4.78, 5) is 61.4. The minimum absolute atomic E-state index is 0.0101. The Balaban J connectivity index is 1.28. The van der Waals surface area contributed by atoms with E-state index in [4.69, 9.17) is 33.2 Å². The molecule has 15 atom stereocenters. The van der Waals surface area contributed by atoms with Gasteiger partial charge >= 0.3 is 29.8 Å². The molecule has 0 bridgehead atoms. The zero-order valence-corrected chi connectivity index (χ0v) is 36.9. The molecule has 1 saturated heterocycles. The largest absolute Gasteiger partial charge is 0.465 e. The summed E-state index contributed by atoms with van der Waals surface area (Å²) < 4.78 is 41.6. The van der Waals surface area contributed by atoms with Crippen LogP contribution in [0.2, 0.25) is 0 Å². The SMILES string of the molecule is C=C(C)[C@@H]1CC[C@]2(COC(C)=O)CC[C@]3(C)[C@H](CCC4[C@@]5(C)CC[C@@H](O[C@H]6O[C@H](COC(C)=O)[C@@H](OC(C)=O)[C@H](OC(C)=O)[C@H]6OC(C)=O)C(C)(C)[C@@H]5CC[C@]43C)[C@@H]12. The fraction of sp³-hybridized carbons (Fsp3) is 0.848. The molecule has 0 spiro atoms. The number of hydrogen-bond acceptors (Lipinski definition) is 12. The van der Waals surface area contributed by atoms with Gasteiger partial charge in [-0.05, 0) is 122 Å². The van der Waals surface area contributed by atoms with Gasteiger partial charge in [-0.3, -0.25) is 24.0 Å². The minimum Gasteiger partial charge on any atom is -0.465 e. The lowest BCUT2D eigenvalue weighted by atomic mass is 9.32. The molecule has 12 heteroatoms. The van der Waals surface area contributed by atoms with Crippen LogP contribution in [0.3, 0.4) is 0 Å². The van der Waals surface area contributed by atoms with Crippen LogP contribution < -0.4 is 0 Å². The smallest absolute Gasteiger partial charge is 0.303 e. The van der Waals surface area contributed by atoms with Crippen LogP contribution >= 0.6 is 0 Å². The fourth-order valence-electron chi connectivity index (χ4n) is 14.5. The summed E-state index contributed by atoms with van der Waals surface area (Å²) in [5, 5.41) is 0. The third-order valence-electron chi connectivity index (χ3n) is 17.0. The van der Waals surface area contributed by atoms with Crippen LogP contribution in [0, 0.1) is 56.7 Å². The van der Waals surface area contributed by atoms with Gasteiger partial charge in [0, 0.05) is 40.0 Å². The van der Waals surface area contributed by atoms with Crippen LogP contribution in [-0.4, -0.2) is 79.9 Å². The summed E-state index contributed by atoms with van der Waals surface area (Å²) in [7, 11) is 0. The Hall–Kier alpha value is -2.99. The van der Waals surface area contributed by atoms with Gasteiger partial charge in [0.2, 0.25) is 0 Å². The van der Waals surface area contributed by atoms with Gasteiger partial charge in [0.25, 0.3) is 0 Å². The Morgan fingerprint density at radius 1 is 0.621 bits per heavy atom. The lowest BCUT2D eigenvalue weighted by molar-refractivity contribution is -0.335. The van der Waals surface area contributed by atoms with Gasteiger partial charge < -0.3 is 33.2 Å². The Labute approximate surface area is 345 Å². The van der Waals surface area contributed by atoms with E-state index in [0.29, 0.717) is 36.2 Å². The first kappa shape index (κ1) is 44.6. The van der Waals surface area contributed by atoms with Crippen LogP contribution in [0.1, 0.15) is 140 Å². The molecule has 6 fully saturated rings. The van der Waals surface area contributed by atoms with Crippen LogP contribution in [0.25, 0.3) is 0 Å². The van der Waals surface area contributed by atoms with Crippen molar-refractivity contribution in [3.8, 4) is 0 Å². The molecular weight excluding hydrogens is 744 g/mol. The van der Waals surface area contributed by atoms with Crippen LogP contribution in [0.15, 0.2) is 12.2 Å². The molecule has 0 aromatic rings. The van der Waals surface area contributed by atoms with E-state index in [9.17, 15) is 24.0 Å². The number of hydrogen-bond donors (Lipinski definition) is 0. The summed E-state index contributed by atoms with van der Waals surface area (Å²) in [5.41, 5.74) is 1.20. The number of rotatable bonds is 10. The van der Waals surface area contributed by atoms with Crippen LogP contribution in [-0.2, 0) is 57.1 Å². The number of allylic oxidation sites excluding steroid dienone is 1. The highest BCUT2D eigenvalue weighted by atomic mass is 16.7. The van der Waals surface area contributed by atoms with Crippen molar-refractivity contribution in [2.24, 2.45) is 56.7 Å². The molecule has 6 aliphatic rings. The molecule has 0 radical (unpaired) electrons. The van der Waals surface area contributed by atoms with Gasteiger partial charge in [-0.1, -0.05) is 46.8 Å². The molecule has 5 saturated carbocycles. The lowest BCUT2D eigenvalue weighted by Crippen LogP contribution is -2.67. The van der Waals surface area contributed by atoms with Crippen molar-refractivity contribution in [2.45, 2.75) is 177 Å². The number of carbonyl (C=O) groups is 5. The van der Waals surface area contributed by atoms with E-state index >= 15 is 0 Å². The molecular formula is C46H70O12. The molecule has 0 amide bonds. The fourth-order valence-corrected chi connectivity index (χ4v) is 14.5. The molecule has 0 aromatic heterocycles. The zero-order chi connectivity index (χ0) is 42.7. The Bertz CT molecular complexity index is 1640. The topological polar surface area (TPSA) is 150 Å². The summed E-state index contributed by atoms with van der Waals surface area (Å²) in [5.74, 6) is -0.538. The minimum atomic E-state index is -1.28. The summed E-state index contributed by atoms with van der Waals surface area (Å²) in [6, 6.07) is 0. The molecule has 0 aromatic carbocycles. The third kappa shape index (κ3) is 7.64. The van der Waals surface area contributed by atoms with Gasteiger partial charge in [0.15, 0.2) is 24.6 Å². The summed E-state index contributed by atoms with van der Waals surface area (Å²) in [6.07, 6.45) is 4.13. The van der Waals surface area contributed by atoms with Gasteiger partial charge in [0.1, 0.15) is 12.7 Å². The van der Waals surface area contributed by atoms with E-state index in [-0.39, 0.29) is 45.8 Å². The van der Waals surface area contributed by atoms with Gasteiger partial charge in [-0.15, -0.1) is 0 Å². The van der Waals surface area contributed by atoms with E-state index < -0.39 is 54.6 Å². The normalized spacial score (nSPS) is 43.9. The predicted molar refractivity (Wildman–Crippen MR) is 212 cm³/mol. The Morgan fingerprint density at radius 3 is 1.84 bits per heavy atom. The molecule has 1 heterocycles. The number of fused-ring (bicyclic) bond motifs is 7. The maximum atomic E-state index is 12.6. The summed E-state index contributed by atoms with van der Waals surface area (Å²) in [6.45, 7) is 25.6. The van der Waals surface area contributed by atoms with E-state index in [1.54, 1.807) is 0 Å². The quantitative estimate of drug-likeness (QED) is 0.0922. The van der Waals surface area contributed by atoms with Crippen molar-refractivity contribution < 1.29 is 57.1 Å². The van der Waals surface area contributed by atoms with E-state index in [2.05, 4.69) is 48.1 Å². The van der Waals surface area contributed by atoms with Crippen molar-refractivity contribution in [3.63, 3.8) is 0 Å². The van der Waals surface area contributed by atoms with Crippen molar-refractivity contribution in [1.82, 2.24) is 0 Å². The van der Waals surface area contributed by atoms with Crippen molar-refractivity contribution in [2.75, 3.05) is 13.2 Å². The van der Waals surface area contributed by atoms with Gasteiger partial charge in [-0.2, -0.15) is 0 Å². The average Bonchev–Trinajstić information content (AvgIpc) is 3.50. The van der Waals surface area contributed by atoms with E-state index in [0.717, 1.165) is 64.2 Å². The Kier molecular flexibility index (Phi) is 12.4. The number of ether oxygens (including phenoxy) is 7. The molecule has 58 heavy (non-hydrogen) atoms. The monoisotopic (exact) mass is 814 g/mol. The van der Waals surface area contributed by atoms with Crippen molar-refractivity contribution >= 4 is 29.8 Å². The van der Waals surface area contributed by atoms with Crippen molar-refractivity contribution in [3.05, 3.63) is 12.2 Å². The third-order valence-corrected chi connectivity index (χ3v) is 17.0. The second-order valence-corrected chi connectivity index (χ2v) is 20.4. The molecule has 326 valence electrons. The maximum Gasteiger partial charge on any atom is 0.303 e. The first-order valence-electron chi connectivity index (χ1n) is 21.8. The first-order valence-corrected chi connectivity index (χ1v) is 21.8. The zero-order valence-electron chi connectivity index (χ0n) is 36.9. The molecule has 1 aliphatic heterocycles. The first-order chi connectivity index (χ1) is 27.0. The maximum absolute atomic E-state index is 12.6. The predicted octanol–water partition coefficient (Wildman–Crippen LogP) is 7.68. The number of carbonyl (C=O) groups excluding carboxylic acids is 5. The molecule has 1 unspecified atom stereocenters. The number of esters is 5. The standard InChI is InChI=1S/C46H70O12/c1-25(2)31-15-20-46(24-53-27(4)48)22-21-44(11)32(37(31)46)13-14-35-43(10)18-17-36(42(8,9)34(43)16-19-45(35,44)12)58-41-40(56-30(7)51)39(55-29(6)50)38(54-28(5)49)33(57-41)23-52-26(3)47/h31-41H,1,13-24H2,2-12H3/t31-,32+,33+,34-,35?,36+,37+,38+,39-,40+,41+,43-,44+,45+,46+/m0/s1. The highest BCUT2D eigenvalue weighted by molar-refractivity contribution is 5.69. The highest BCUT2D eigenvalue weighted by Crippen LogP contribution is 2.77. The van der Waals surface area contributed by atoms with Gasteiger partial charge in [-0.25, -0.2) is 0 Å². The summed E-state index contributed by atoms with van der Waals surface area (Å²) >= 11 is 0. The second kappa shape index (κ2) is 16.1. The van der Waals surface area contributed by atoms with Gasteiger partial charge in [0.05, 0.1) is 12.7 Å². The Morgan fingerprint density at radius 2 is 1.24 bits per heavy atom. The average molecular weight is 815 g/mol. The molecule has 0 N–H and O–H groups in total. The molecule has 5 aliphatic carbocycles. The second-order valence-electron chi connectivity index (χ2n) is 20.4. The van der Waals surface area contributed by atoms with Crippen molar-refractivity contribution in [1.29, 1.82) is 0 Å².